The molecule has 0 fully saturated rings. The molecule has 4 heteroatoms. The highest BCUT2D eigenvalue weighted by Crippen LogP contribution is 2.14. The van der Waals surface area contributed by atoms with E-state index in [1.54, 1.807) is 18.2 Å². The highest BCUT2D eigenvalue weighted by Gasteiger charge is 2.02. The molecule has 1 aromatic carbocycles. The van der Waals surface area contributed by atoms with Gasteiger partial charge in [-0.2, -0.15) is 10.5 Å². The average Bonchev–Trinajstić information content (AvgIpc) is 2.38. The number of hydrogen-bond acceptors (Lipinski definition) is 4. The molecule has 0 radical (unpaired) electrons. The van der Waals surface area contributed by atoms with Gasteiger partial charge in [0.1, 0.15) is 12.1 Å². The molecule has 88 valence electrons. The Morgan fingerprint density at radius 2 is 2.00 bits per heavy atom. The summed E-state index contributed by atoms with van der Waals surface area (Å²) >= 11 is 0. The van der Waals surface area contributed by atoms with Gasteiger partial charge in [-0.25, -0.2) is 0 Å². The highest BCUT2D eigenvalue weighted by molar-refractivity contribution is 5.56. The Labute approximate surface area is 101 Å². The van der Waals surface area contributed by atoms with Crippen molar-refractivity contribution < 1.29 is 4.74 Å². The Morgan fingerprint density at radius 3 is 2.65 bits per heavy atom. The van der Waals surface area contributed by atoms with Gasteiger partial charge in [0.05, 0.1) is 11.1 Å². The van der Waals surface area contributed by atoms with Crippen molar-refractivity contribution in [3.05, 3.63) is 29.3 Å². The lowest BCUT2D eigenvalue weighted by Gasteiger charge is -2.07. The number of benzene rings is 1. The van der Waals surface area contributed by atoms with Crippen molar-refractivity contribution in [3.8, 4) is 12.1 Å². The molecule has 17 heavy (non-hydrogen) atoms. The van der Waals surface area contributed by atoms with Crippen molar-refractivity contribution in [1.29, 1.82) is 10.5 Å². The van der Waals surface area contributed by atoms with Gasteiger partial charge in [-0.1, -0.05) is 0 Å². The fourth-order valence-electron chi connectivity index (χ4n) is 1.40. The summed E-state index contributed by atoms with van der Waals surface area (Å²) in [6.45, 7) is 4.21. The Bertz CT molecular complexity index is 443. The molecular formula is C13H15N3O. The van der Waals surface area contributed by atoms with Gasteiger partial charge in [-0.3, -0.25) is 0 Å². The molecule has 0 heterocycles. The Morgan fingerprint density at radius 1 is 1.24 bits per heavy atom. The molecule has 0 saturated heterocycles. The number of ether oxygens (including phenoxy) is 1. The van der Waals surface area contributed by atoms with E-state index in [0.29, 0.717) is 11.1 Å². The molecule has 1 aromatic rings. The second-order valence-electron chi connectivity index (χ2n) is 3.46. The van der Waals surface area contributed by atoms with Gasteiger partial charge in [-0.15, -0.1) is 0 Å². The Kier molecular flexibility index (Phi) is 5.57. The zero-order valence-electron chi connectivity index (χ0n) is 9.86. The van der Waals surface area contributed by atoms with Crippen molar-refractivity contribution in [3.63, 3.8) is 0 Å². The molecular weight excluding hydrogens is 214 g/mol. The third-order valence-electron chi connectivity index (χ3n) is 2.26. The average molecular weight is 229 g/mol. The molecule has 0 amide bonds. The van der Waals surface area contributed by atoms with Crippen LogP contribution in [0.25, 0.3) is 0 Å². The van der Waals surface area contributed by atoms with Gasteiger partial charge in [0, 0.05) is 25.4 Å². The number of nitrogens with one attached hydrogen (secondary N) is 1. The van der Waals surface area contributed by atoms with E-state index >= 15 is 0 Å². The summed E-state index contributed by atoms with van der Waals surface area (Å²) in [5.41, 5.74) is 1.67. The van der Waals surface area contributed by atoms with Crippen LogP contribution in [-0.4, -0.2) is 19.8 Å². The van der Waals surface area contributed by atoms with Gasteiger partial charge in [0.2, 0.25) is 0 Å². The molecule has 0 saturated carbocycles. The number of nitrogens with zero attached hydrogens (tertiary/aromatic N) is 2. The van der Waals surface area contributed by atoms with Gasteiger partial charge in [0.25, 0.3) is 0 Å². The molecule has 0 aliphatic heterocycles. The second kappa shape index (κ2) is 7.27. The fourth-order valence-corrected chi connectivity index (χ4v) is 1.40. The minimum Gasteiger partial charge on any atom is -0.385 e. The largest absolute Gasteiger partial charge is 0.385 e. The van der Waals surface area contributed by atoms with E-state index in [4.69, 9.17) is 15.3 Å². The maximum Gasteiger partial charge on any atom is 0.101 e. The minimum absolute atomic E-state index is 0.405. The van der Waals surface area contributed by atoms with Gasteiger partial charge >= 0.3 is 0 Å². The number of anilines is 1. The van der Waals surface area contributed by atoms with Crippen LogP contribution in [0, 0.1) is 22.7 Å². The number of hydrogen-bond donors (Lipinski definition) is 1. The summed E-state index contributed by atoms with van der Waals surface area (Å²) in [5.74, 6) is 0. The van der Waals surface area contributed by atoms with Crippen LogP contribution >= 0.6 is 0 Å². The quantitative estimate of drug-likeness (QED) is 0.760. The van der Waals surface area contributed by atoms with Gasteiger partial charge < -0.3 is 10.1 Å². The van der Waals surface area contributed by atoms with Crippen LogP contribution in [0.15, 0.2) is 18.2 Å². The predicted molar refractivity (Wildman–Crippen MR) is 65.5 cm³/mol. The van der Waals surface area contributed by atoms with E-state index in [0.717, 1.165) is 31.9 Å². The summed E-state index contributed by atoms with van der Waals surface area (Å²) in [5, 5.41) is 20.8. The Balaban J connectivity index is 2.50. The maximum absolute atomic E-state index is 8.87. The molecule has 0 spiro atoms. The van der Waals surface area contributed by atoms with E-state index in [-0.39, 0.29) is 0 Å². The Hall–Kier alpha value is -2.04. The first kappa shape index (κ1) is 13.0. The van der Waals surface area contributed by atoms with Crippen molar-refractivity contribution in [2.24, 2.45) is 0 Å². The fraction of sp³-hybridized carbons (Fsp3) is 0.385. The zero-order valence-corrected chi connectivity index (χ0v) is 9.86. The maximum atomic E-state index is 8.87. The van der Waals surface area contributed by atoms with Gasteiger partial charge in [-0.05, 0) is 31.5 Å². The predicted octanol–water partition coefficient (Wildman–Crippen LogP) is 2.27. The SMILES string of the molecule is CCOCCCNc1ccc(C#N)c(C#N)c1. The molecule has 0 aliphatic rings. The van der Waals surface area contributed by atoms with Crippen LogP contribution in [0.5, 0.6) is 0 Å². The monoisotopic (exact) mass is 229 g/mol. The first-order chi connectivity index (χ1) is 8.31. The van der Waals surface area contributed by atoms with E-state index in [1.807, 2.05) is 19.1 Å². The topological polar surface area (TPSA) is 68.8 Å². The zero-order chi connectivity index (χ0) is 12.5. The molecule has 0 aromatic heterocycles. The van der Waals surface area contributed by atoms with Crippen molar-refractivity contribution in [1.82, 2.24) is 0 Å². The summed E-state index contributed by atoms with van der Waals surface area (Å²) in [4.78, 5) is 0. The molecule has 4 nitrogen and oxygen atoms in total. The van der Waals surface area contributed by atoms with Crippen molar-refractivity contribution >= 4 is 5.69 Å². The summed E-state index contributed by atoms with van der Waals surface area (Å²) in [7, 11) is 0. The van der Waals surface area contributed by atoms with Crippen LogP contribution in [0.1, 0.15) is 24.5 Å². The van der Waals surface area contributed by atoms with Crippen molar-refractivity contribution in [2.45, 2.75) is 13.3 Å². The molecule has 0 atom stereocenters. The first-order valence-electron chi connectivity index (χ1n) is 5.57. The van der Waals surface area contributed by atoms with E-state index in [2.05, 4.69) is 5.32 Å². The van der Waals surface area contributed by atoms with E-state index in [1.165, 1.54) is 0 Å². The first-order valence-corrected chi connectivity index (χ1v) is 5.57. The summed E-state index contributed by atoms with van der Waals surface area (Å²) in [6, 6.07) is 9.15. The smallest absolute Gasteiger partial charge is 0.101 e. The minimum atomic E-state index is 0.405. The summed E-state index contributed by atoms with van der Waals surface area (Å²) in [6.07, 6.45) is 0.912. The number of nitriles is 2. The highest BCUT2D eigenvalue weighted by atomic mass is 16.5. The molecule has 1 N–H and O–H groups in total. The van der Waals surface area contributed by atoms with E-state index in [9.17, 15) is 0 Å². The van der Waals surface area contributed by atoms with Gasteiger partial charge in [0.15, 0.2) is 0 Å². The molecule has 0 unspecified atom stereocenters. The molecule has 0 bridgehead atoms. The summed E-state index contributed by atoms with van der Waals surface area (Å²) < 4.78 is 5.22. The van der Waals surface area contributed by atoms with Crippen LogP contribution in [0.4, 0.5) is 5.69 Å². The van der Waals surface area contributed by atoms with Crippen LogP contribution in [0.3, 0.4) is 0 Å². The lowest BCUT2D eigenvalue weighted by molar-refractivity contribution is 0.147. The molecule has 1 rings (SSSR count). The third-order valence-corrected chi connectivity index (χ3v) is 2.26. The lowest BCUT2D eigenvalue weighted by atomic mass is 10.1. The molecule has 0 aliphatic carbocycles. The second-order valence-corrected chi connectivity index (χ2v) is 3.46. The lowest BCUT2D eigenvalue weighted by Crippen LogP contribution is -2.05. The van der Waals surface area contributed by atoms with Crippen LogP contribution < -0.4 is 5.32 Å². The number of rotatable bonds is 6. The standard InChI is InChI=1S/C13H15N3O/c1-2-17-7-3-6-16-13-5-4-11(9-14)12(8-13)10-15/h4-5,8,16H,2-3,6-7H2,1H3. The van der Waals surface area contributed by atoms with Crippen LogP contribution in [0.2, 0.25) is 0 Å². The van der Waals surface area contributed by atoms with Crippen molar-refractivity contribution in [2.75, 3.05) is 25.1 Å². The third kappa shape index (κ3) is 4.14. The normalized spacial score (nSPS) is 9.35. The van der Waals surface area contributed by atoms with Crippen LogP contribution in [-0.2, 0) is 4.74 Å². The van der Waals surface area contributed by atoms with E-state index < -0.39 is 0 Å².